The second-order valence-electron chi connectivity index (χ2n) is 6.47. The molecule has 8 heteroatoms. The third-order valence-electron chi connectivity index (χ3n) is 4.58. The number of carbonyl (C=O) groups is 2. The molecule has 0 unspecified atom stereocenters. The van der Waals surface area contributed by atoms with E-state index in [2.05, 4.69) is 0 Å². The fraction of sp³-hybridized carbons (Fsp3) is 0.333. The maximum absolute atomic E-state index is 13.2. The van der Waals surface area contributed by atoms with Gasteiger partial charge in [-0.3, -0.25) is 9.59 Å². The van der Waals surface area contributed by atoms with Gasteiger partial charge in [0.15, 0.2) is 18.1 Å². The molecule has 29 heavy (non-hydrogen) atoms. The van der Waals surface area contributed by atoms with Crippen LogP contribution >= 0.6 is 11.6 Å². The summed E-state index contributed by atoms with van der Waals surface area (Å²) in [6.45, 7) is 3.79. The quantitative estimate of drug-likeness (QED) is 0.719. The number of piperazine rings is 1. The topological polar surface area (TPSA) is 59.1 Å². The zero-order valence-corrected chi connectivity index (χ0v) is 16.8. The van der Waals surface area contributed by atoms with E-state index < -0.39 is 5.82 Å². The van der Waals surface area contributed by atoms with Gasteiger partial charge in [0.05, 0.1) is 17.2 Å². The van der Waals surface area contributed by atoms with Crippen LogP contribution in [0, 0.1) is 5.82 Å². The van der Waals surface area contributed by atoms with Crippen LogP contribution in [0.1, 0.15) is 17.3 Å². The highest BCUT2D eigenvalue weighted by Gasteiger charge is 2.26. The van der Waals surface area contributed by atoms with Crippen molar-refractivity contribution in [1.82, 2.24) is 9.80 Å². The van der Waals surface area contributed by atoms with Gasteiger partial charge in [0.25, 0.3) is 11.8 Å². The highest BCUT2D eigenvalue weighted by molar-refractivity contribution is 6.33. The van der Waals surface area contributed by atoms with E-state index in [0.29, 0.717) is 44.3 Å². The number of halogens is 2. The summed E-state index contributed by atoms with van der Waals surface area (Å²) >= 11 is 5.98. The summed E-state index contributed by atoms with van der Waals surface area (Å²) in [5.74, 6) is 0.178. The summed E-state index contributed by atoms with van der Waals surface area (Å²) in [5, 5.41) is 0.0786. The molecule has 2 aromatic carbocycles. The Labute approximate surface area is 173 Å². The second kappa shape index (κ2) is 9.60. The number of ether oxygens (including phenoxy) is 2. The molecule has 1 heterocycles. The Hall–Kier alpha value is -2.80. The minimum atomic E-state index is -0.493. The van der Waals surface area contributed by atoms with Crippen molar-refractivity contribution in [2.24, 2.45) is 0 Å². The Morgan fingerprint density at radius 2 is 1.62 bits per heavy atom. The highest BCUT2D eigenvalue weighted by atomic mass is 35.5. The summed E-state index contributed by atoms with van der Waals surface area (Å²) < 4.78 is 24.3. The molecule has 3 rings (SSSR count). The van der Waals surface area contributed by atoms with E-state index in [1.807, 2.05) is 19.1 Å². The van der Waals surface area contributed by atoms with Crippen LogP contribution in [0.5, 0.6) is 11.5 Å². The van der Waals surface area contributed by atoms with Gasteiger partial charge >= 0.3 is 0 Å². The van der Waals surface area contributed by atoms with Gasteiger partial charge in [-0.25, -0.2) is 4.39 Å². The lowest BCUT2D eigenvalue weighted by Crippen LogP contribution is -2.51. The van der Waals surface area contributed by atoms with Crippen molar-refractivity contribution < 1.29 is 23.5 Å². The summed E-state index contributed by atoms with van der Waals surface area (Å²) in [6, 6.07) is 10.9. The molecule has 0 N–H and O–H groups in total. The number of amides is 2. The summed E-state index contributed by atoms with van der Waals surface area (Å²) in [6.07, 6.45) is 0. The molecule has 0 saturated carbocycles. The predicted molar refractivity (Wildman–Crippen MR) is 107 cm³/mol. The number of para-hydroxylation sites is 2. The zero-order chi connectivity index (χ0) is 20.8. The third kappa shape index (κ3) is 5.17. The average Bonchev–Trinajstić information content (AvgIpc) is 2.73. The number of nitrogens with zero attached hydrogens (tertiary/aromatic N) is 2. The lowest BCUT2D eigenvalue weighted by Gasteiger charge is -2.34. The van der Waals surface area contributed by atoms with Gasteiger partial charge in [-0.2, -0.15) is 0 Å². The molecular formula is C21H22ClFN2O4. The second-order valence-corrected chi connectivity index (χ2v) is 6.87. The Bertz CT molecular complexity index is 885. The van der Waals surface area contributed by atoms with Crippen LogP contribution in [0.15, 0.2) is 42.5 Å². The van der Waals surface area contributed by atoms with Crippen molar-refractivity contribution in [3.63, 3.8) is 0 Å². The number of rotatable bonds is 6. The average molecular weight is 421 g/mol. The van der Waals surface area contributed by atoms with Crippen LogP contribution in [-0.2, 0) is 4.79 Å². The van der Waals surface area contributed by atoms with Crippen molar-refractivity contribution in [3.05, 3.63) is 58.9 Å². The monoisotopic (exact) mass is 420 g/mol. The van der Waals surface area contributed by atoms with Crippen LogP contribution < -0.4 is 9.47 Å². The molecular weight excluding hydrogens is 399 g/mol. The minimum absolute atomic E-state index is 0.0786. The molecule has 154 valence electrons. The third-order valence-corrected chi connectivity index (χ3v) is 4.89. The van der Waals surface area contributed by atoms with E-state index in [1.54, 1.807) is 21.9 Å². The van der Waals surface area contributed by atoms with Crippen molar-refractivity contribution >= 4 is 23.4 Å². The number of carbonyl (C=O) groups excluding carboxylic acids is 2. The van der Waals surface area contributed by atoms with Crippen LogP contribution in [0.2, 0.25) is 5.02 Å². The number of hydrogen-bond acceptors (Lipinski definition) is 4. The van der Waals surface area contributed by atoms with Crippen molar-refractivity contribution in [1.29, 1.82) is 0 Å². The van der Waals surface area contributed by atoms with Gasteiger partial charge in [0.1, 0.15) is 5.82 Å². The smallest absolute Gasteiger partial charge is 0.260 e. The molecule has 0 atom stereocenters. The Balaban J connectivity index is 1.52. The molecule has 6 nitrogen and oxygen atoms in total. The lowest BCUT2D eigenvalue weighted by atomic mass is 10.1. The first-order valence-electron chi connectivity index (χ1n) is 9.36. The molecule has 0 aliphatic carbocycles. The number of benzene rings is 2. The van der Waals surface area contributed by atoms with Crippen LogP contribution in [0.3, 0.4) is 0 Å². The Morgan fingerprint density at radius 3 is 2.24 bits per heavy atom. The highest BCUT2D eigenvalue weighted by Crippen LogP contribution is 2.26. The van der Waals surface area contributed by atoms with E-state index in [1.165, 1.54) is 12.1 Å². The minimum Gasteiger partial charge on any atom is -0.490 e. The molecule has 2 aromatic rings. The van der Waals surface area contributed by atoms with Crippen molar-refractivity contribution in [2.45, 2.75) is 6.92 Å². The standard InChI is InChI=1S/C21H22ClFN2O4/c1-2-28-18-5-3-4-6-19(18)29-14-20(26)24-9-11-25(12-10-24)21(27)16-8-7-15(23)13-17(16)22/h3-8,13H,2,9-12,14H2,1H3. The normalized spacial score (nSPS) is 13.9. The molecule has 1 fully saturated rings. The van der Waals surface area contributed by atoms with E-state index in [-0.39, 0.29) is 29.0 Å². The van der Waals surface area contributed by atoms with Gasteiger partial charge in [-0.05, 0) is 37.3 Å². The van der Waals surface area contributed by atoms with Gasteiger partial charge in [-0.15, -0.1) is 0 Å². The van der Waals surface area contributed by atoms with E-state index in [4.69, 9.17) is 21.1 Å². The van der Waals surface area contributed by atoms with Crippen LogP contribution in [-0.4, -0.2) is 61.0 Å². The molecule has 1 aliphatic heterocycles. The lowest BCUT2D eigenvalue weighted by molar-refractivity contribution is -0.134. The van der Waals surface area contributed by atoms with E-state index in [0.717, 1.165) is 6.07 Å². The molecule has 0 aromatic heterocycles. The fourth-order valence-electron chi connectivity index (χ4n) is 3.07. The summed E-state index contributed by atoms with van der Waals surface area (Å²) in [4.78, 5) is 28.3. The van der Waals surface area contributed by atoms with Gasteiger partial charge in [-0.1, -0.05) is 23.7 Å². The predicted octanol–water partition coefficient (Wildman–Crippen LogP) is 3.24. The summed E-state index contributed by atoms with van der Waals surface area (Å²) in [5.41, 5.74) is 0.253. The first kappa shape index (κ1) is 20.9. The molecule has 0 radical (unpaired) electrons. The van der Waals surface area contributed by atoms with Gasteiger partial charge < -0.3 is 19.3 Å². The Morgan fingerprint density at radius 1 is 1.00 bits per heavy atom. The fourth-order valence-corrected chi connectivity index (χ4v) is 3.32. The Kier molecular flexibility index (Phi) is 6.93. The van der Waals surface area contributed by atoms with Gasteiger partial charge in [0.2, 0.25) is 0 Å². The van der Waals surface area contributed by atoms with Crippen LogP contribution in [0.25, 0.3) is 0 Å². The van der Waals surface area contributed by atoms with E-state index in [9.17, 15) is 14.0 Å². The zero-order valence-electron chi connectivity index (χ0n) is 16.1. The number of hydrogen-bond donors (Lipinski definition) is 0. The van der Waals surface area contributed by atoms with E-state index >= 15 is 0 Å². The van der Waals surface area contributed by atoms with Crippen molar-refractivity contribution in [2.75, 3.05) is 39.4 Å². The van der Waals surface area contributed by atoms with Crippen LogP contribution in [0.4, 0.5) is 4.39 Å². The first-order valence-corrected chi connectivity index (χ1v) is 9.74. The SMILES string of the molecule is CCOc1ccccc1OCC(=O)N1CCN(C(=O)c2ccc(F)cc2Cl)CC1. The summed E-state index contributed by atoms with van der Waals surface area (Å²) in [7, 11) is 0. The molecule has 0 bridgehead atoms. The molecule has 1 aliphatic rings. The maximum atomic E-state index is 13.2. The molecule has 1 saturated heterocycles. The first-order chi connectivity index (χ1) is 14.0. The molecule has 0 spiro atoms. The molecule has 2 amide bonds. The van der Waals surface area contributed by atoms with Crippen molar-refractivity contribution in [3.8, 4) is 11.5 Å². The largest absolute Gasteiger partial charge is 0.490 e. The van der Waals surface area contributed by atoms with Gasteiger partial charge in [0, 0.05) is 26.2 Å². The maximum Gasteiger partial charge on any atom is 0.260 e.